The van der Waals surface area contributed by atoms with E-state index in [1.807, 2.05) is 13.8 Å². The molecule has 0 nitrogen and oxygen atoms in total. The maximum atomic E-state index is 6.37. The summed E-state index contributed by atoms with van der Waals surface area (Å²) in [5.74, 6) is 0. The predicted molar refractivity (Wildman–Crippen MR) is 58.3 cm³/mol. The Morgan fingerprint density at radius 3 is 1.83 bits per heavy atom. The highest BCUT2D eigenvalue weighted by molar-refractivity contribution is 6.34. The summed E-state index contributed by atoms with van der Waals surface area (Å²) in [7, 11) is 0. The van der Waals surface area contributed by atoms with Crippen LogP contribution in [0.25, 0.3) is 0 Å². The van der Waals surface area contributed by atoms with Crippen molar-refractivity contribution >= 4 is 23.2 Å². The van der Waals surface area contributed by atoms with Crippen LogP contribution < -0.4 is 0 Å². The van der Waals surface area contributed by atoms with Gasteiger partial charge >= 0.3 is 0 Å². The SMILES string of the molecule is CCCCC(C)(Cl)C(C)(Cl)CC. The zero-order chi connectivity index (χ0) is 9.83. The summed E-state index contributed by atoms with van der Waals surface area (Å²) in [4.78, 5) is -0.539. The van der Waals surface area contributed by atoms with Crippen molar-refractivity contribution in [3.8, 4) is 0 Å². The fourth-order valence-corrected chi connectivity index (χ4v) is 1.50. The Morgan fingerprint density at radius 2 is 1.50 bits per heavy atom. The van der Waals surface area contributed by atoms with Crippen LogP contribution in [0.5, 0.6) is 0 Å². The van der Waals surface area contributed by atoms with E-state index < -0.39 is 0 Å². The zero-order valence-corrected chi connectivity index (χ0v) is 10.1. The van der Waals surface area contributed by atoms with E-state index in [1.54, 1.807) is 0 Å². The summed E-state index contributed by atoms with van der Waals surface area (Å²) >= 11 is 12.7. The van der Waals surface area contributed by atoms with Gasteiger partial charge in [0.1, 0.15) is 0 Å². The second-order valence-electron chi connectivity index (χ2n) is 3.85. The van der Waals surface area contributed by atoms with E-state index >= 15 is 0 Å². The standard InChI is InChI=1S/C10H20Cl2/c1-5-7-8-10(4,12)9(3,11)6-2/h5-8H2,1-4H3. The van der Waals surface area contributed by atoms with E-state index in [4.69, 9.17) is 23.2 Å². The van der Waals surface area contributed by atoms with Crippen LogP contribution in [0, 0.1) is 0 Å². The molecular weight excluding hydrogens is 191 g/mol. The number of unbranched alkanes of at least 4 members (excludes halogenated alkanes) is 1. The van der Waals surface area contributed by atoms with Crippen LogP contribution in [-0.4, -0.2) is 9.75 Å². The quantitative estimate of drug-likeness (QED) is 0.584. The highest BCUT2D eigenvalue weighted by atomic mass is 35.5. The first-order valence-corrected chi connectivity index (χ1v) is 5.51. The lowest BCUT2D eigenvalue weighted by Crippen LogP contribution is -2.40. The Bertz CT molecular complexity index is 128. The minimum atomic E-state index is -0.274. The normalized spacial score (nSPS) is 21.5. The van der Waals surface area contributed by atoms with Crippen molar-refractivity contribution in [3.05, 3.63) is 0 Å². The van der Waals surface area contributed by atoms with Crippen molar-refractivity contribution in [2.75, 3.05) is 0 Å². The minimum Gasteiger partial charge on any atom is -0.118 e. The molecule has 0 aliphatic rings. The molecule has 0 radical (unpaired) electrons. The van der Waals surface area contributed by atoms with Gasteiger partial charge in [-0.15, -0.1) is 23.2 Å². The van der Waals surface area contributed by atoms with Gasteiger partial charge in [0.05, 0.1) is 9.75 Å². The predicted octanol–water partition coefficient (Wildman–Crippen LogP) is 4.58. The molecule has 2 unspecified atom stereocenters. The molecule has 0 fully saturated rings. The van der Waals surface area contributed by atoms with Gasteiger partial charge in [-0.25, -0.2) is 0 Å². The first-order valence-electron chi connectivity index (χ1n) is 4.75. The lowest BCUT2D eigenvalue weighted by Gasteiger charge is -2.36. The smallest absolute Gasteiger partial charge is 0.0607 e. The van der Waals surface area contributed by atoms with E-state index in [0.717, 1.165) is 19.3 Å². The van der Waals surface area contributed by atoms with E-state index in [0.29, 0.717) is 0 Å². The highest BCUT2D eigenvalue weighted by Crippen LogP contribution is 2.41. The third-order valence-corrected chi connectivity index (χ3v) is 4.14. The van der Waals surface area contributed by atoms with E-state index in [9.17, 15) is 0 Å². The van der Waals surface area contributed by atoms with Crippen molar-refractivity contribution in [3.63, 3.8) is 0 Å². The molecule has 2 heteroatoms. The topological polar surface area (TPSA) is 0 Å². The summed E-state index contributed by atoms with van der Waals surface area (Å²) in [5.41, 5.74) is 0. The summed E-state index contributed by atoms with van der Waals surface area (Å²) in [6.45, 7) is 8.32. The molecule has 0 amide bonds. The average Bonchev–Trinajstić information content (AvgIpc) is 2.00. The highest BCUT2D eigenvalue weighted by Gasteiger charge is 2.39. The molecule has 0 aliphatic carbocycles. The molecule has 12 heavy (non-hydrogen) atoms. The molecule has 0 saturated carbocycles. The molecule has 0 aliphatic heterocycles. The summed E-state index contributed by atoms with van der Waals surface area (Å²) in [6, 6.07) is 0. The zero-order valence-electron chi connectivity index (χ0n) is 8.58. The minimum absolute atomic E-state index is 0.265. The summed E-state index contributed by atoms with van der Waals surface area (Å²) in [6.07, 6.45) is 4.25. The van der Waals surface area contributed by atoms with Gasteiger partial charge in [-0.2, -0.15) is 0 Å². The molecular formula is C10H20Cl2. The molecule has 0 saturated heterocycles. The van der Waals surface area contributed by atoms with Crippen LogP contribution in [0.4, 0.5) is 0 Å². The van der Waals surface area contributed by atoms with E-state index in [-0.39, 0.29) is 9.75 Å². The number of hydrogen-bond donors (Lipinski definition) is 0. The van der Waals surface area contributed by atoms with E-state index in [1.165, 1.54) is 6.42 Å². The Morgan fingerprint density at radius 1 is 1.00 bits per heavy atom. The maximum Gasteiger partial charge on any atom is 0.0607 e. The van der Waals surface area contributed by atoms with Gasteiger partial charge in [0.25, 0.3) is 0 Å². The van der Waals surface area contributed by atoms with Crippen LogP contribution in [0.15, 0.2) is 0 Å². The molecule has 0 aromatic heterocycles. The molecule has 0 aromatic carbocycles. The number of halogens is 2. The van der Waals surface area contributed by atoms with Crippen molar-refractivity contribution in [1.29, 1.82) is 0 Å². The van der Waals surface area contributed by atoms with Crippen molar-refractivity contribution < 1.29 is 0 Å². The van der Waals surface area contributed by atoms with Gasteiger partial charge in [0.2, 0.25) is 0 Å². The largest absolute Gasteiger partial charge is 0.118 e. The third-order valence-electron chi connectivity index (χ3n) is 2.75. The second kappa shape index (κ2) is 4.72. The Labute approximate surface area is 86.6 Å². The van der Waals surface area contributed by atoms with Gasteiger partial charge in [-0.3, -0.25) is 0 Å². The molecule has 0 N–H and O–H groups in total. The number of hydrogen-bond acceptors (Lipinski definition) is 0. The fourth-order valence-electron chi connectivity index (χ4n) is 1.14. The Balaban J connectivity index is 4.17. The molecule has 0 spiro atoms. The number of rotatable bonds is 5. The van der Waals surface area contributed by atoms with Gasteiger partial charge < -0.3 is 0 Å². The van der Waals surface area contributed by atoms with Gasteiger partial charge in [0, 0.05) is 0 Å². The Kier molecular flexibility index (Phi) is 4.94. The van der Waals surface area contributed by atoms with Gasteiger partial charge in [0.15, 0.2) is 0 Å². The number of alkyl halides is 2. The van der Waals surface area contributed by atoms with Crippen LogP contribution >= 0.6 is 23.2 Å². The van der Waals surface area contributed by atoms with Crippen LogP contribution in [0.3, 0.4) is 0 Å². The van der Waals surface area contributed by atoms with Crippen LogP contribution in [0.1, 0.15) is 53.4 Å². The van der Waals surface area contributed by atoms with Crippen molar-refractivity contribution in [2.45, 2.75) is 63.1 Å². The molecule has 0 aromatic rings. The lowest BCUT2D eigenvalue weighted by atomic mass is 9.87. The molecule has 2 atom stereocenters. The second-order valence-corrected chi connectivity index (χ2v) is 5.52. The third kappa shape index (κ3) is 3.14. The molecule has 74 valence electrons. The molecule has 0 heterocycles. The Hall–Kier alpha value is 0.580. The first kappa shape index (κ1) is 12.6. The molecule has 0 bridgehead atoms. The summed E-state index contributed by atoms with van der Waals surface area (Å²) in [5, 5.41) is 0. The maximum absolute atomic E-state index is 6.37. The van der Waals surface area contributed by atoms with Crippen LogP contribution in [0.2, 0.25) is 0 Å². The summed E-state index contributed by atoms with van der Waals surface area (Å²) < 4.78 is 0. The fraction of sp³-hybridized carbons (Fsp3) is 1.00. The monoisotopic (exact) mass is 210 g/mol. The lowest BCUT2D eigenvalue weighted by molar-refractivity contribution is 0.409. The van der Waals surface area contributed by atoms with Gasteiger partial charge in [-0.05, 0) is 26.7 Å². The first-order chi connectivity index (χ1) is 5.37. The van der Waals surface area contributed by atoms with Crippen molar-refractivity contribution in [2.24, 2.45) is 0 Å². The van der Waals surface area contributed by atoms with Crippen LogP contribution in [-0.2, 0) is 0 Å². The molecule has 0 rings (SSSR count). The van der Waals surface area contributed by atoms with Crippen molar-refractivity contribution in [1.82, 2.24) is 0 Å². The average molecular weight is 211 g/mol. The van der Waals surface area contributed by atoms with E-state index in [2.05, 4.69) is 13.8 Å². The van der Waals surface area contributed by atoms with Gasteiger partial charge in [-0.1, -0.05) is 26.7 Å².